The van der Waals surface area contributed by atoms with Gasteiger partial charge in [0, 0.05) is 31.7 Å². The van der Waals surface area contributed by atoms with Crippen LogP contribution in [0.1, 0.15) is 25.8 Å². The van der Waals surface area contributed by atoms with E-state index in [1.807, 2.05) is 61.6 Å². The van der Waals surface area contributed by atoms with Crippen molar-refractivity contribution in [2.45, 2.75) is 39.0 Å². The Morgan fingerprint density at radius 1 is 1.11 bits per heavy atom. The van der Waals surface area contributed by atoms with Gasteiger partial charge in [-0.1, -0.05) is 55.3 Å². The number of hydrogen-bond acceptors (Lipinski definition) is 6. The van der Waals surface area contributed by atoms with Gasteiger partial charge in [-0.25, -0.2) is 4.68 Å². The minimum Gasteiger partial charge on any atom is -0.493 e. The lowest BCUT2D eigenvalue weighted by atomic mass is 10.1. The van der Waals surface area contributed by atoms with Crippen molar-refractivity contribution in [3.05, 3.63) is 60.2 Å². The first-order valence-electron chi connectivity index (χ1n) is 11.8. The third kappa shape index (κ3) is 6.86. The van der Waals surface area contributed by atoms with E-state index in [1.165, 1.54) is 0 Å². The monoisotopic (exact) mass is 477 g/mol. The molecular weight excluding hydrogens is 442 g/mol. The molecule has 0 saturated heterocycles. The normalized spacial score (nSPS) is 12.8. The molecule has 1 N–H and O–H groups in total. The largest absolute Gasteiger partial charge is 0.493 e. The molecule has 2 atom stereocenters. The van der Waals surface area contributed by atoms with E-state index in [-0.39, 0.29) is 19.3 Å². The number of aryl methyl sites for hydroxylation is 1. The molecule has 0 bridgehead atoms. The average Bonchev–Trinajstić information content (AvgIpc) is 3.18. The van der Waals surface area contributed by atoms with Crippen molar-refractivity contribution >= 4 is 0 Å². The van der Waals surface area contributed by atoms with E-state index < -0.39 is 6.10 Å². The molecule has 0 amide bonds. The summed E-state index contributed by atoms with van der Waals surface area (Å²) in [5.74, 6) is 4.31. The molecule has 186 valence electrons. The number of hydrogen-bond donors (Lipinski definition) is 1. The van der Waals surface area contributed by atoms with Crippen molar-refractivity contribution < 1.29 is 19.3 Å². The molecule has 2 aromatic carbocycles. The summed E-state index contributed by atoms with van der Waals surface area (Å²) in [6.07, 6.45) is 5.51. The van der Waals surface area contributed by atoms with Gasteiger partial charge in [-0.3, -0.25) is 4.90 Å². The number of aliphatic hydroxyl groups is 1. The Hall–Kier alpha value is -3.31. The molecule has 1 aromatic heterocycles. The van der Waals surface area contributed by atoms with Gasteiger partial charge in [-0.2, -0.15) is 5.10 Å². The van der Waals surface area contributed by atoms with Gasteiger partial charge in [0.25, 0.3) is 0 Å². The highest BCUT2D eigenvalue weighted by Crippen LogP contribution is 2.37. The third-order valence-corrected chi connectivity index (χ3v) is 5.93. The Labute approximate surface area is 208 Å². The molecule has 3 rings (SSSR count). The van der Waals surface area contributed by atoms with E-state index in [9.17, 15) is 5.11 Å². The number of terminal acetylenes is 1. The fourth-order valence-corrected chi connectivity index (χ4v) is 3.90. The highest BCUT2D eigenvalue weighted by atomic mass is 16.5. The molecule has 0 spiro atoms. The summed E-state index contributed by atoms with van der Waals surface area (Å²) in [5.41, 5.74) is 2.76. The van der Waals surface area contributed by atoms with Crippen LogP contribution in [-0.4, -0.2) is 58.8 Å². The molecular formula is C28H35N3O4. The van der Waals surface area contributed by atoms with Crippen molar-refractivity contribution in [3.8, 4) is 41.0 Å². The topological polar surface area (TPSA) is 69.0 Å². The second-order valence-corrected chi connectivity index (χ2v) is 8.43. The lowest BCUT2D eigenvalue weighted by molar-refractivity contribution is 0.0169. The lowest BCUT2D eigenvalue weighted by Gasteiger charge is -2.30. The zero-order chi connectivity index (χ0) is 25.2. The van der Waals surface area contributed by atoms with E-state index in [0.29, 0.717) is 30.5 Å². The van der Waals surface area contributed by atoms with Gasteiger partial charge in [0.15, 0.2) is 11.5 Å². The maximum Gasteiger partial charge on any atom is 0.222 e. The molecule has 35 heavy (non-hydrogen) atoms. The highest BCUT2D eigenvalue weighted by molar-refractivity contribution is 5.66. The number of methoxy groups -OCH3 is 1. The first-order valence-corrected chi connectivity index (χ1v) is 11.8. The summed E-state index contributed by atoms with van der Waals surface area (Å²) >= 11 is 0. The Morgan fingerprint density at radius 2 is 1.80 bits per heavy atom. The van der Waals surface area contributed by atoms with E-state index in [2.05, 4.69) is 24.7 Å². The summed E-state index contributed by atoms with van der Waals surface area (Å²) in [6, 6.07) is 17.8. The number of nitrogens with zero attached hydrogens (tertiary/aromatic N) is 3. The first kappa shape index (κ1) is 26.3. The van der Waals surface area contributed by atoms with E-state index in [4.69, 9.17) is 25.7 Å². The Bertz CT molecular complexity index is 1110. The SMILES string of the molecule is C#CCOCC(O)CN(Cc1c(-c2ccccc2)nn(C)c1Oc1ccccc1OC)C(C)CC. The molecule has 0 radical (unpaired) electrons. The Kier molecular flexibility index (Phi) is 9.74. The maximum atomic E-state index is 10.6. The number of rotatable bonds is 13. The van der Waals surface area contributed by atoms with Crippen LogP contribution in [0.3, 0.4) is 0 Å². The van der Waals surface area contributed by atoms with Crippen LogP contribution in [0.4, 0.5) is 0 Å². The molecule has 0 fully saturated rings. The van der Waals surface area contributed by atoms with Crippen LogP contribution >= 0.6 is 0 Å². The molecule has 1 heterocycles. The van der Waals surface area contributed by atoms with Crippen molar-refractivity contribution in [2.75, 3.05) is 26.9 Å². The summed E-state index contributed by atoms with van der Waals surface area (Å²) < 4.78 is 19.0. The van der Waals surface area contributed by atoms with Crippen molar-refractivity contribution in [1.82, 2.24) is 14.7 Å². The second kappa shape index (κ2) is 13.0. The van der Waals surface area contributed by atoms with Gasteiger partial charge in [-0.15, -0.1) is 6.42 Å². The number of aliphatic hydroxyl groups excluding tert-OH is 1. The van der Waals surface area contributed by atoms with Gasteiger partial charge >= 0.3 is 0 Å². The first-order chi connectivity index (χ1) is 17.0. The molecule has 3 aromatic rings. The fraction of sp³-hybridized carbons (Fsp3) is 0.393. The number of aromatic nitrogens is 2. The molecule has 7 nitrogen and oxygen atoms in total. The van der Waals surface area contributed by atoms with Crippen LogP contribution in [0.5, 0.6) is 17.4 Å². The summed E-state index contributed by atoms with van der Waals surface area (Å²) in [5, 5.41) is 15.5. The minimum atomic E-state index is -0.673. The van der Waals surface area contributed by atoms with Gasteiger partial charge in [0.05, 0.1) is 25.4 Å². The van der Waals surface area contributed by atoms with Crippen LogP contribution < -0.4 is 9.47 Å². The number of ether oxygens (including phenoxy) is 3. The Balaban J connectivity index is 2.00. The second-order valence-electron chi connectivity index (χ2n) is 8.43. The maximum absolute atomic E-state index is 10.6. The van der Waals surface area contributed by atoms with Gasteiger partial charge in [0.1, 0.15) is 12.3 Å². The summed E-state index contributed by atoms with van der Waals surface area (Å²) in [4.78, 5) is 2.22. The molecule has 0 saturated carbocycles. The van der Waals surface area contributed by atoms with E-state index in [1.54, 1.807) is 11.8 Å². The molecule has 2 unspecified atom stereocenters. The van der Waals surface area contributed by atoms with Gasteiger partial charge in [-0.05, 0) is 25.5 Å². The van der Waals surface area contributed by atoms with Crippen LogP contribution in [-0.2, 0) is 18.3 Å². The predicted molar refractivity (Wildman–Crippen MR) is 138 cm³/mol. The predicted octanol–water partition coefficient (Wildman–Crippen LogP) is 4.50. The summed E-state index contributed by atoms with van der Waals surface area (Å²) in [7, 11) is 3.49. The average molecular weight is 478 g/mol. The van der Waals surface area contributed by atoms with Crippen LogP contribution in [0.2, 0.25) is 0 Å². The van der Waals surface area contributed by atoms with Gasteiger partial charge in [0.2, 0.25) is 5.88 Å². The van der Waals surface area contributed by atoms with E-state index >= 15 is 0 Å². The molecule has 0 aliphatic carbocycles. The van der Waals surface area contributed by atoms with Crippen molar-refractivity contribution in [1.29, 1.82) is 0 Å². The Morgan fingerprint density at radius 3 is 2.46 bits per heavy atom. The zero-order valence-electron chi connectivity index (χ0n) is 21.0. The zero-order valence-corrected chi connectivity index (χ0v) is 21.0. The van der Waals surface area contributed by atoms with E-state index in [0.717, 1.165) is 23.2 Å². The van der Waals surface area contributed by atoms with Crippen molar-refractivity contribution in [3.63, 3.8) is 0 Å². The van der Waals surface area contributed by atoms with Crippen LogP contribution in [0.15, 0.2) is 54.6 Å². The van der Waals surface area contributed by atoms with Crippen LogP contribution in [0.25, 0.3) is 11.3 Å². The van der Waals surface area contributed by atoms with Crippen LogP contribution in [0, 0.1) is 12.3 Å². The molecule has 7 heteroatoms. The lowest BCUT2D eigenvalue weighted by Crippen LogP contribution is -2.40. The quantitative estimate of drug-likeness (QED) is 0.289. The smallest absolute Gasteiger partial charge is 0.222 e. The number of benzene rings is 2. The highest BCUT2D eigenvalue weighted by Gasteiger charge is 2.26. The van der Waals surface area contributed by atoms with Crippen molar-refractivity contribution in [2.24, 2.45) is 7.05 Å². The third-order valence-electron chi connectivity index (χ3n) is 5.93. The fourth-order valence-electron chi connectivity index (χ4n) is 3.90. The molecule has 0 aliphatic rings. The standard InChI is InChI=1S/C28H35N3O4/c1-6-17-34-20-23(32)18-31(21(3)7-2)19-24-27(22-13-9-8-10-14-22)29-30(4)28(24)35-26-16-12-11-15-25(26)33-5/h1,8-16,21,23,32H,7,17-20H2,2-5H3. The minimum absolute atomic E-state index is 0.179. The number of para-hydroxylation sites is 2. The molecule has 0 aliphatic heterocycles. The summed E-state index contributed by atoms with van der Waals surface area (Å²) in [6.45, 7) is 5.60. The van der Waals surface area contributed by atoms with Gasteiger partial charge < -0.3 is 19.3 Å².